The third-order valence-electron chi connectivity index (χ3n) is 4.09. The summed E-state index contributed by atoms with van der Waals surface area (Å²) in [5.41, 5.74) is 1.44. The molecule has 0 aliphatic carbocycles. The van der Waals surface area contributed by atoms with Crippen LogP contribution in [0.25, 0.3) is 0 Å². The third-order valence-corrected chi connectivity index (χ3v) is 5.33. The lowest BCUT2D eigenvalue weighted by atomic mass is 10.1. The number of hydrogen-bond donors (Lipinski definition) is 1. The number of carbonyl (C=O) groups excluding carboxylic acids is 2. The average molecular weight is 408 g/mol. The fourth-order valence-electron chi connectivity index (χ4n) is 2.64. The van der Waals surface area contributed by atoms with E-state index in [-0.39, 0.29) is 11.3 Å². The Morgan fingerprint density at radius 1 is 1.14 bits per heavy atom. The molecule has 0 saturated heterocycles. The maximum Gasteiger partial charge on any atom is 0.337 e. The zero-order valence-electron chi connectivity index (χ0n) is 15.9. The van der Waals surface area contributed by atoms with Gasteiger partial charge >= 0.3 is 5.97 Å². The zero-order valence-corrected chi connectivity index (χ0v) is 16.7. The molecule has 0 radical (unpaired) electrons. The fourth-order valence-corrected chi connectivity index (χ4v) is 3.81. The number of methoxy groups -OCH3 is 1. The number of sulfonamides is 1. The monoisotopic (exact) mass is 408 g/mol. The van der Waals surface area contributed by atoms with Crippen LogP contribution in [0.15, 0.2) is 42.5 Å². The fraction of sp³-hybridized carbons (Fsp3) is 0.263. The van der Waals surface area contributed by atoms with Crippen molar-refractivity contribution in [1.29, 1.82) is 0 Å². The summed E-state index contributed by atoms with van der Waals surface area (Å²) in [6.45, 7) is 3.15. The highest BCUT2D eigenvalue weighted by Crippen LogP contribution is 2.23. The smallest absolute Gasteiger partial charge is 0.337 e. The predicted octanol–water partition coefficient (Wildman–Crippen LogP) is 2.71. The van der Waals surface area contributed by atoms with Crippen molar-refractivity contribution in [2.24, 2.45) is 0 Å². The van der Waals surface area contributed by atoms with E-state index in [4.69, 9.17) is 0 Å². The van der Waals surface area contributed by atoms with Gasteiger partial charge < -0.3 is 10.1 Å². The van der Waals surface area contributed by atoms with Crippen LogP contribution in [0.1, 0.15) is 22.8 Å². The third kappa shape index (κ3) is 4.86. The lowest BCUT2D eigenvalue weighted by molar-refractivity contribution is -0.116. The van der Waals surface area contributed by atoms with Crippen LogP contribution < -0.4 is 9.62 Å². The zero-order chi connectivity index (χ0) is 21.1. The van der Waals surface area contributed by atoms with Gasteiger partial charge in [0.25, 0.3) is 0 Å². The number of rotatable bonds is 6. The minimum absolute atomic E-state index is 0.159. The molecule has 0 spiro atoms. The first kappa shape index (κ1) is 21.4. The van der Waals surface area contributed by atoms with Crippen molar-refractivity contribution >= 4 is 33.3 Å². The maximum atomic E-state index is 13.2. The van der Waals surface area contributed by atoms with Crippen LogP contribution in [-0.4, -0.2) is 39.7 Å². The summed E-state index contributed by atoms with van der Waals surface area (Å²) in [7, 11) is -2.58. The van der Waals surface area contributed by atoms with Crippen molar-refractivity contribution in [3.63, 3.8) is 0 Å². The van der Waals surface area contributed by atoms with E-state index in [1.54, 1.807) is 19.1 Å². The lowest BCUT2D eigenvalue weighted by Crippen LogP contribution is -2.45. The SMILES string of the molecule is COC(=O)c1ccc(C)c(NC(=O)[C@H](C)N(c2ccc(F)cc2)S(C)(=O)=O)c1. The van der Waals surface area contributed by atoms with E-state index in [1.807, 2.05) is 0 Å². The molecule has 150 valence electrons. The molecular formula is C19H21FN2O5S. The molecule has 1 atom stereocenters. The number of ether oxygens (including phenoxy) is 1. The molecule has 1 amide bonds. The van der Waals surface area contributed by atoms with Gasteiger partial charge in [0.2, 0.25) is 15.9 Å². The summed E-state index contributed by atoms with van der Waals surface area (Å²) in [4.78, 5) is 24.4. The number of amides is 1. The Bertz CT molecular complexity index is 990. The Morgan fingerprint density at radius 3 is 2.29 bits per heavy atom. The van der Waals surface area contributed by atoms with Crippen LogP contribution in [0.2, 0.25) is 0 Å². The van der Waals surface area contributed by atoms with Crippen LogP contribution in [0.5, 0.6) is 0 Å². The first-order valence-corrected chi connectivity index (χ1v) is 10.1. The normalized spacial score (nSPS) is 12.2. The minimum Gasteiger partial charge on any atom is -0.465 e. The number of halogens is 1. The molecule has 9 heteroatoms. The number of anilines is 2. The van der Waals surface area contributed by atoms with Gasteiger partial charge in [0, 0.05) is 5.69 Å². The second-order valence-electron chi connectivity index (χ2n) is 6.22. The van der Waals surface area contributed by atoms with E-state index in [9.17, 15) is 22.4 Å². The second kappa shape index (κ2) is 8.39. The van der Waals surface area contributed by atoms with Crippen molar-refractivity contribution < 1.29 is 27.1 Å². The molecular weight excluding hydrogens is 387 g/mol. The van der Waals surface area contributed by atoms with Gasteiger partial charge in [0.05, 0.1) is 24.6 Å². The van der Waals surface area contributed by atoms with E-state index in [1.165, 1.54) is 32.2 Å². The number of nitrogens with one attached hydrogen (secondary N) is 1. The molecule has 28 heavy (non-hydrogen) atoms. The number of hydrogen-bond acceptors (Lipinski definition) is 5. The van der Waals surface area contributed by atoms with Gasteiger partial charge in [-0.2, -0.15) is 0 Å². The molecule has 0 heterocycles. The number of nitrogens with zero attached hydrogens (tertiary/aromatic N) is 1. The largest absolute Gasteiger partial charge is 0.465 e. The summed E-state index contributed by atoms with van der Waals surface area (Å²) in [6, 6.07) is 8.31. The summed E-state index contributed by atoms with van der Waals surface area (Å²) < 4.78 is 43.3. The van der Waals surface area contributed by atoms with Gasteiger partial charge in [0.15, 0.2) is 0 Å². The minimum atomic E-state index is -3.83. The first-order valence-electron chi connectivity index (χ1n) is 8.29. The van der Waals surface area contributed by atoms with E-state index in [0.29, 0.717) is 11.3 Å². The molecule has 0 bridgehead atoms. The van der Waals surface area contributed by atoms with Crippen molar-refractivity contribution in [2.75, 3.05) is 23.0 Å². The molecule has 0 aromatic heterocycles. The van der Waals surface area contributed by atoms with Crippen LogP contribution in [0.4, 0.5) is 15.8 Å². The van der Waals surface area contributed by atoms with Crippen molar-refractivity contribution in [2.45, 2.75) is 19.9 Å². The molecule has 2 aromatic carbocycles. The maximum absolute atomic E-state index is 13.2. The number of carbonyl (C=O) groups is 2. The predicted molar refractivity (Wildman–Crippen MR) is 104 cm³/mol. The Hall–Kier alpha value is -2.94. The summed E-state index contributed by atoms with van der Waals surface area (Å²) in [6.07, 6.45) is 0.962. The van der Waals surface area contributed by atoms with Crippen LogP contribution in [0.3, 0.4) is 0 Å². The Morgan fingerprint density at radius 2 is 1.75 bits per heavy atom. The van der Waals surface area contributed by atoms with Gasteiger partial charge in [-0.1, -0.05) is 6.07 Å². The average Bonchev–Trinajstić information content (AvgIpc) is 2.63. The number of esters is 1. The van der Waals surface area contributed by atoms with Crippen LogP contribution in [0, 0.1) is 12.7 Å². The number of benzene rings is 2. The van der Waals surface area contributed by atoms with Crippen LogP contribution >= 0.6 is 0 Å². The molecule has 1 N–H and O–H groups in total. The van der Waals surface area contributed by atoms with Gasteiger partial charge in [-0.15, -0.1) is 0 Å². The summed E-state index contributed by atoms with van der Waals surface area (Å²) in [5.74, 6) is -1.70. The first-order chi connectivity index (χ1) is 13.0. The molecule has 2 aromatic rings. The Kier molecular flexibility index (Phi) is 6.40. The van der Waals surface area contributed by atoms with Crippen molar-refractivity contribution in [3.8, 4) is 0 Å². The highest BCUT2D eigenvalue weighted by atomic mass is 32.2. The second-order valence-corrected chi connectivity index (χ2v) is 8.08. The Labute approximate surface area is 163 Å². The van der Waals surface area contributed by atoms with Crippen molar-refractivity contribution in [1.82, 2.24) is 0 Å². The molecule has 0 unspecified atom stereocenters. The molecule has 0 aliphatic rings. The Balaban J connectivity index is 2.34. The topological polar surface area (TPSA) is 92.8 Å². The lowest BCUT2D eigenvalue weighted by Gasteiger charge is -2.28. The van der Waals surface area contributed by atoms with E-state index >= 15 is 0 Å². The van der Waals surface area contributed by atoms with Crippen molar-refractivity contribution in [3.05, 3.63) is 59.4 Å². The molecule has 2 rings (SSSR count). The van der Waals surface area contributed by atoms with E-state index in [2.05, 4.69) is 10.1 Å². The van der Waals surface area contributed by atoms with Gasteiger partial charge in [-0.3, -0.25) is 9.10 Å². The van der Waals surface area contributed by atoms with Gasteiger partial charge in [0.1, 0.15) is 11.9 Å². The van der Waals surface area contributed by atoms with E-state index in [0.717, 1.165) is 22.7 Å². The van der Waals surface area contributed by atoms with Gasteiger partial charge in [-0.25, -0.2) is 17.6 Å². The quantitative estimate of drug-likeness (QED) is 0.742. The highest BCUT2D eigenvalue weighted by molar-refractivity contribution is 7.92. The van der Waals surface area contributed by atoms with E-state index < -0.39 is 33.8 Å². The molecule has 7 nitrogen and oxygen atoms in total. The molecule has 0 saturated carbocycles. The number of aryl methyl sites for hydroxylation is 1. The highest BCUT2D eigenvalue weighted by Gasteiger charge is 2.29. The summed E-state index contributed by atoms with van der Waals surface area (Å²) >= 11 is 0. The molecule has 0 fully saturated rings. The molecule has 0 aliphatic heterocycles. The van der Waals surface area contributed by atoms with Gasteiger partial charge in [-0.05, 0) is 55.8 Å². The van der Waals surface area contributed by atoms with Crippen LogP contribution in [-0.2, 0) is 19.6 Å². The standard InChI is InChI=1S/C19H21FN2O5S/c1-12-5-6-14(19(24)27-3)11-17(12)21-18(23)13(2)22(28(4,25)26)16-9-7-15(20)8-10-16/h5-11,13H,1-4H3,(H,21,23)/t13-/m0/s1. The summed E-state index contributed by atoms with van der Waals surface area (Å²) in [5, 5.41) is 2.64.